The van der Waals surface area contributed by atoms with Crippen molar-refractivity contribution in [3.63, 3.8) is 0 Å². The topological polar surface area (TPSA) is 29.9 Å². The summed E-state index contributed by atoms with van der Waals surface area (Å²) in [4.78, 5) is 4.38. The van der Waals surface area contributed by atoms with Gasteiger partial charge in [0, 0.05) is 22.5 Å². The molecule has 2 aromatic rings. The summed E-state index contributed by atoms with van der Waals surface area (Å²) in [7, 11) is 1.98. The second kappa shape index (κ2) is 4.22. The first kappa shape index (κ1) is 10.5. The molecule has 1 heterocycles. The smallest absolute Gasteiger partial charge is 0.207 e. The maximum absolute atomic E-state index is 4.38. The molecule has 0 aliphatic rings. The molecule has 2 rings (SSSR count). The molecule has 0 radical (unpaired) electrons. The van der Waals surface area contributed by atoms with Gasteiger partial charge in [-0.2, -0.15) is 0 Å². The molecule has 0 unspecified atom stereocenters. The number of hydrogen-bond donors (Lipinski definition) is 1. The van der Waals surface area contributed by atoms with E-state index >= 15 is 0 Å². The van der Waals surface area contributed by atoms with Crippen molar-refractivity contribution in [1.82, 2.24) is 9.55 Å². The van der Waals surface area contributed by atoms with Crippen LogP contribution in [-0.4, -0.2) is 9.55 Å². The number of imidazole rings is 1. The molecule has 3 nitrogen and oxygen atoms in total. The first-order valence-electron chi connectivity index (χ1n) is 4.68. The van der Waals surface area contributed by atoms with Crippen LogP contribution in [0.4, 0.5) is 11.6 Å². The second-order valence-corrected chi connectivity index (χ2v) is 4.69. The first-order chi connectivity index (χ1) is 7.15. The molecule has 0 fully saturated rings. The standard InChI is InChI=1S/C11H12IN3/c1-8-7-15(2)11(13-8)14-10-5-3-9(12)4-6-10/h3-7H,1-2H3,(H,13,14). The number of nitrogens with zero attached hydrogens (tertiary/aromatic N) is 2. The van der Waals surface area contributed by atoms with Crippen molar-refractivity contribution in [2.75, 3.05) is 5.32 Å². The van der Waals surface area contributed by atoms with Crippen molar-refractivity contribution in [1.29, 1.82) is 0 Å². The molecule has 0 saturated heterocycles. The zero-order chi connectivity index (χ0) is 10.8. The van der Waals surface area contributed by atoms with Crippen LogP contribution in [-0.2, 0) is 7.05 Å². The fraction of sp³-hybridized carbons (Fsp3) is 0.182. The Morgan fingerprint density at radius 3 is 2.47 bits per heavy atom. The highest BCUT2D eigenvalue weighted by Crippen LogP contribution is 2.16. The Balaban J connectivity index is 2.21. The van der Waals surface area contributed by atoms with Gasteiger partial charge in [0.05, 0.1) is 5.69 Å². The second-order valence-electron chi connectivity index (χ2n) is 3.45. The van der Waals surface area contributed by atoms with Gasteiger partial charge in [-0.05, 0) is 53.8 Å². The third-order valence-electron chi connectivity index (χ3n) is 2.10. The van der Waals surface area contributed by atoms with Crippen molar-refractivity contribution >= 4 is 34.2 Å². The molecule has 0 aliphatic heterocycles. The maximum Gasteiger partial charge on any atom is 0.207 e. The molecule has 1 N–H and O–H groups in total. The van der Waals surface area contributed by atoms with Crippen LogP contribution in [0.25, 0.3) is 0 Å². The predicted octanol–water partition coefficient (Wildman–Crippen LogP) is 3.08. The largest absolute Gasteiger partial charge is 0.326 e. The highest BCUT2D eigenvalue weighted by molar-refractivity contribution is 14.1. The van der Waals surface area contributed by atoms with Crippen LogP contribution < -0.4 is 5.32 Å². The highest BCUT2D eigenvalue weighted by Gasteiger charge is 2.01. The lowest BCUT2D eigenvalue weighted by molar-refractivity contribution is 0.924. The van der Waals surface area contributed by atoms with Gasteiger partial charge in [-0.25, -0.2) is 4.98 Å². The molecule has 0 bridgehead atoms. The van der Waals surface area contributed by atoms with E-state index in [0.717, 1.165) is 17.3 Å². The lowest BCUT2D eigenvalue weighted by Gasteiger charge is -2.05. The average molecular weight is 313 g/mol. The van der Waals surface area contributed by atoms with E-state index in [2.05, 4.69) is 45.0 Å². The number of nitrogens with one attached hydrogen (secondary N) is 1. The van der Waals surface area contributed by atoms with Gasteiger partial charge in [-0.1, -0.05) is 0 Å². The van der Waals surface area contributed by atoms with E-state index in [4.69, 9.17) is 0 Å². The van der Waals surface area contributed by atoms with E-state index in [1.54, 1.807) is 0 Å². The van der Waals surface area contributed by atoms with Gasteiger partial charge in [0.25, 0.3) is 0 Å². The van der Waals surface area contributed by atoms with Gasteiger partial charge in [0.2, 0.25) is 5.95 Å². The highest BCUT2D eigenvalue weighted by atomic mass is 127. The SMILES string of the molecule is Cc1cn(C)c(Nc2ccc(I)cc2)n1. The summed E-state index contributed by atoms with van der Waals surface area (Å²) in [6.07, 6.45) is 2.00. The Hall–Kier alpha value is -1.04. The van der Waals surface area contributed by atoms with Crippen molar-refractivity contribution < 1.29 is 0 Å². The van der Waals surface area contributed by atoms with E-state index in [1.807, 2.05) is 36.9 Å². The van der Waals surface area contributed by atoms with Crippen LogP contribution in [0.5, 0.6) is 0 Å². The Morgan fingerprint density at radius 1 is 1.27 bits per heavy atom. The van der Waals surface area contributed by atoms with Gasteiger partial charge in [0.15, 0.2) is 0 Å². The number of aryl methyl sites for hydroxylation is 2. The van der Waals surface area contributed by atoms with Crippen molar-refractivity contribution in [3.05, 3.63) is 39.7 Å². The minimum Gasteiger partial charge on any atom is -0.326 e. The summed E-state index contributed by atoms with van der Waals surface area (Å²) < 4.78 is 3.21. The summed E-state index contributed by atoms with van der Waals surface area (Å²) in [5.41, 5.74) is 2.08. The summed E-state index contributed by atoms with van der Waals surface area (Å²) in [6.45, 7) is 1.99. The number of anilines is 2. The number of halogens is 1. The van der Waals surface area contributed by atoms with E-state index in [0.29, 0.717) is 0 Å². The Kier molecular flexibility index (Phi) is 2.95. The van der Waals surface area contributed by atoms with Crippen LogP contribution in [0.1, 0.15) is 5.69 Å². The molecule has 0 saturated carbocycles. The maximum atomic E-state index is 4.38. The van der Waals surface area contributed by atoms with Gasteiger partial charge < -0.3 is 9.88 Å². The van der Waals surface area contributed by atoms with E-state index < -0.39 is 0 Å². The van der Waals surface area contributed by atoms with Crippen molar-refractivity contribution in [2.45, 2.75) is 6.92 Å². The number of aromatic nitrogens is 2. The van der Waals surface area contributed by atoms with Crippen LogP contribution in [0, 0.1) is 10.5 Å². The predicted molar refractivity (Wildman–Crippen MR) is 70.4 cm³/mol. The fourth-order valence-corrected chi connectivity index (χ4v) is 1.75. The molecule has 4 heteroatoms. The van der Waals surface area contributed by atoms with Crippen LogP contribution >= 0.6 is 22.6 Å². The van der Waals surface area contributed by atoms with E-state index in [-0.39, 0.29) is 0 Å². The minimum atomic E-state index is 0.869. The molecular weight excluding hydrogens is 301 g/mol. The number of benzene rings is 1. The normalized spacial score (nSPS) is 10.3. The molecule has 1 aromatic carbocycles. The van der Waals surface area contributed by atoms with Gasteiger partial charge in [-0.15, -0.1) is 0 Å². The van der Waals surface area contributed by atoms with Crippen molar-refractivity contribution in [3.8, 4) is 0 Å². The molecule has 15 heavy (non-hydrogen) atoms. The quantitative estimate of drug-likeness (QED) is 0.864. The minimum absolute atomic E-state index is 0.869. The first-order valence-corrected chi connectivity index (χ1v) is 5.75. The zero-order valence-electron chi connectivity index (χ0n) is 8.66. The van der Waals surface area contributed by atoms with Crippen molar-refractivity contribution in [2.24, 2.45) is 7.05 Å². The Morgan fingerprint density at radius 2 is 1.93 bits per heavy atom. The summed E-state index contributed by atoms with van der Waals surface area (Å²) in [5, 5.41) is 3.27. The number of rotatable bonds is 2. The van der Waals surface area contributed by atoms with Gasteiger partial charge in [0.1, 0.15) is 0 Å². The fourth-order valence-electron chi connectivity index (χ4n) is 1.39. The van der Waals surface area contributed by atoms with Crippen LogP contribution in [0.3, 0.4) is 0 Å². The molecule has 1 aromatic heterocycles. The third-order valence-corrected chi connectivity index (χ3v) is 2.82. The molecule has 0 atom stereocenters. The summed E-state index contributed by atoms with van der Waals surface area (Å²) in [5.74, 6) is 0.869. The molecule has 0 amide bonds. The number of hydrogen-bond acceptors (Lipinski definition) is 2. The lowest BCUT2D eigenvalue weighted by Crippen LogP contribution is -1.98. The van der Waals surface area contributed by atoms with Crippen LogP contribution in [0.15, 0.2) is 30.5 Å². The molecule has 78 valence electrons. The summed E-state index contributed by atoms with van der Waals surface area (Å²) in [6, 6.07) is 8.23. The van der Waals surface area contributed by atoms with Crippen LogP contribution in [0.2, 0.25) is 0 Å². The zero-order valence-corrected chi connectivity index (χ0v) is 10.8. The molecular formula is C11H12IN3. The third kappa shape index (κ3) is 2.50. The van der Waals surface area contributed by atoms with E-state index in [1.165, 1.54) is 3.57 Å². The molecule has 0 spiro atoms. The average Bonchev–Trinajstić information content (AvgIpc) is 2.49. The van der Waals surface area contributed by atoms with E-state index in [9.17, 15) is 0 Å². The Bertz CT molecular complexity index is 459. The Labute approximate surface area is 103 Å². The summed E-state index contributed by atoms with van der Waals surface area (Å²) >= 11 is 2.29. The lowest BCUT2D eigenvalue weighted by atomic mass is 10.3. The van der Waals surface area contributed by atoms with Gasteiger partial charge >= 0.3 is 0 Å². The molecule has 0 aliphatic carbocycles. The monoisotopic (exact) mass is 313 g/mol. The van der Waals surface area contributed by atoms with Gasteiger partial charge in [-0.3, -0.25) is 0 Å².